The third kappa shape index (κ3) is 4.46. The van der Waals surface area contributed by atoms with Crippen LogP contribution in [0.1, 0.15) is 37.5 Å². The molecule has 1 aliphatic rings. The van der Waals surface area contributed by atoms with Crippen LogP contribution < -0.4 is 4.90 Å². The minimum absolute atomic E-state index is 0.00285. The number of hydrogen-bond acceptors (Lipinski definition) is 8. The van der Waals surface area contributed by atoms with Crippen molar-refractivity contribution in [2.24, 2.45) is 0 Å². The molecule has 1 aliphatic heterocycles. The maximum Gasteiger partial charge on any atom is 0.350 e. The zero-order chi connectivity index (χ0) is 26.3. The Morgan fingerprint density at radius 2 is 1.97 bits per heavy atom. The van der Waals surface area contributed by atoms with Crippen LogP contribution in [0, 0.1) is 10.5 Å². The zero-order valence-electron chi connectivity index (χ0n) is 19.4. The predicted octanol–water partition coefficient (Wildman–Crippen LogP) is 5.93. The molecule has 4 aromatic rings. The zero-order valence-corrected chi connectivity index (χ0v) is 22.4. The average molecular weight is 626 g/mol. The van der Waals surface area contributed by atoms with Crippen molar-refractivity contribution in [3.8, 4) is 0 Å². The Labute approximate surface area is 229 Å². The number of esters is 1. The van der Waals surface area contributed by atoms with Gasteiger partial charge in [-0.05, 0) is 59.3 Å². The van der Waals surface area contributed by atoms with Gasteiger partial charge in [0.25, 0.3) is 5.91 Å². The summed E-state index contributed by atoms with van der Waals surface area (Å²) >= 11 is 3.10. The lowest BCUT2D eigenvalue weighted by Crippen LogP contribution is -2.31. The fourth-order valence-electron chi connectivity index (χ4n) is 4.10. The fourth-order valence-corrected chi connectivity index (χ4v) is 5.44. The Balaban J connectivity index is 1.61. The first-order chi connectivity index (χ1) is 17.8. The summed E-state index contributed by atoms with van der Waals surface area (Å²) in [7, 11) is 0. The number of furan rings is 1. The maximum atomic E-state index is 13.7. The lowest BCUT2D eigenvalue weighted by atomic mass is 9.95. The van der Waals surface area contributed by atoms with Gasteiger partial charge in [-0.15, -0.1) is 0 Å². The van der Waals surface area contributed by atoms with Gasteiger partial charge in [0.15, 0.2) is 16.7 Å². The van der Waals surface area contributed by atoms with E-state index in [0.29, 0.717) is 16.8 Å². The van der Waals surface area contributed by atoms with Crippen LogP contribution in [-0.4, -0.2) is 34.4 Å². The molecule has 1 atom stereocenters. The molecule has 1 amide bonds. The number of carbonyl (C=O) groups is 3. The van der Waals surface area contributed by atoms with Gasteiger partial charge in [-0.3, -0.25) is 14.5 Å². The largest absolute Gasteiger partial charge is 0.503 e. The summed E-state index contributed by atoms with van der Waals surface area (Å²) in [6.45, 7) is 5.18. The number of fused-ring (bicyclic) bond motifs is 1. The second-order valence-corrected chi connectivity index (χ2v) is 10.4. The van der Waals surface area contributed by atoms with E-state index in [1.54, 1.807) is 43.3 Å². The van der Waals surface area contributed by atoms with E-state index in [-0.39, 0.29) is 27.9 Å². The molecule has 37 heavy (non-hydrogen) atoms. The molecule has 5 rings (SSSR count). The highest BCUT2D eigenvalue weighted by Gasteiger charge is 2.47. The van der Waals surface area contributed by atoms with Crippen LogP contribution in [0.4, 0.5) is 5.13 Å². The van der Waals surface area contributed by atoms with E-state index in [1.807, 2.05) is 18.2 Å². The second-order valence-electron chi connectivity index (χ2n) is 8.17. The summed E-state index contributed by atoms with van der Waals surface area (Å²) < 4.78 is 11.8. The number of aliphatic hydroxyl groups excluding tert-OH is 1. The minimum atomic E-state index is -0.993. The first-order valence-corrected chi connectivity index (χ1v) is 13.0. The molecule has 2 aromatic carbocycles. The summed E-state index contributed by atoms with van der Waals surface area (Å²) in [5.41, 5.74) is 1.32. The number of Topliss-reactive ketones (excluding diaryl/α,β-unsaturated/α-hetero) is 1. The van der Waals surface area contributed by atoms with Crippen molar-refractivity contribution >= 4 is 67.7 Å². The quantitative estimate of drug-likeness (QED) is 0.117. The van der Waals surface area contributed by atoms with Gasteiger partial charge in [-0.2, -0.15) is 0 Å². The molecule has 8 nitrogen and oxygen atoms in total. The summed E-state index contributed by atoms with van der Waals surface area (Å²) in [6.07, 6.45) is 1.45. The van der Waals surface area contributed by atoms with Gasteiger partial charge in [0.05, 0.1) is 17.3 Å². The molecule has 10 heteroatoms. The third-order valence-electron chi connectivity index (χ3n) is 5.80. The van der Waals surface area contributed by atoms with Crippen molar-refractivity contribution in [3.63, 3.8) is 0 Å². The summed E-state index contributed by atoms with van der Waals surface area (Å²) in [5, 5.41) is 11.8. The van der Waals surface area contributed by atoms with E-state index in [0.717, 1.165) is 20.3 Å². The number of ketones is 1. The van der Waals surface area contributed by atoms with Gasteiger partial charge in [-0.1, -0.05) is 54.3 Å². The third-order valence-corrected chi connectivity index (χ3v) is 7.65. The van der Waals surface area contributed by atoms with Crippen molar-refractivity contribution in [1.82, 2.24) is 4.98 Å². The van der Waals surface area contributed by atoms with Crippen LogP contribution in [0.25, 0.3) is 11.0 Å². The first-order valence-electron chi connectivity index (χ1n) is 11.1. The molecular formula is C27H19IN2O6S. The van der Waals surface area contributed by atoms with Crippen molar-refractivity contribution in [3.05, 3.63) is 104 Å². The molecule has 0 aliphatic carbocycles. The molecule has 1 N–H and O–H groups in total. The Morgan fingerprint density at radius 1 is 1.24 bits per heavy atom. The lowest BCUT2D eigenvalue weighted by Gasteiger charge is -2.24. The molecule has 0 fully saturated rings. The molecule has 0 radical (unpaired) electrons. The van der Waals surface area contributed by atoms with Gasteiger partial charge in [0.1, 0.15) is 17.1 Å². The van der Waals surface area contributed by atoms with E-state index in [4.69, 9.17) is 9.15 Å². The maximum absolute atomic E-state index is 13.7. The second kappa shape index (κ2) is 9.94. The number of nitrogens with zero attached hydrogens (tertiary/aromatic N) is 2. The highest BCUT2D eigenvalue weighted by atomic mass is 127. The van der Waals surface area contributed by atoms with Crippen LogP contribution in [0.2, 0.25) is 0 Å². The van der Waals surface area contributed by atoms with Gasteiger partial charge >= 0.3 is 5.97 Å². The normalized spacial score (nSPS) is 15.5. The monoisotopic (exact) mass is 626 g/mol. The minimum Gasteiger partial charge on any atom is -0.503 e. The van der Waals surface area contributed by atoms with Crippen LogP contribution in [0.5, 0.6) is 0 Å². The number of benzene rings is 2. The molecule has 2 aromatic heterocycles. The van der Waals surface area contributed by atoms with E-state index in [1.165, 1.54) is 11.0 Å². The molecule has 0 spiro atoms. The molecule has 0 bridgehead atoms. The molecule has 0 saturated heterocycles. The summed E-state index contributed by atoms with van der Waals surface area (Å²) in [4.78, 5) is 45.5. The van der Waals surface area contributed by atoms with E-state index in [2.05, 4.69) is 34.2 Å². The number of aryl methyl sites for hydroxylation is 1. The van der Waals surface area contributed by atoms with Gasteiger partial charge in [0.2, 0.25) is 5.78 Å². The van der Waals surface area contributed by atoms with Crippen LogP contribution in [0.15, 0.2) is 83.0 Å². The first kappa shape index (κ1) is 24.9. The number of aliphatic hydroxyl groups is 1. The SMILES string of the molecule is C=CCOC(=O)c1sc(N2C(=O)C(O)=C(C(=O)c3cc4ccccc4o3)C2c2ccc(I)cc2)nc1C. The Hall–Kier alpha value is -3.77. The summed E-state index contributed by atoms with van der Waals surface area (Å²) in [6, 6.07) is 14.9. The number of thiazole rings is 1. The predicted molar refractivity (Wildman–Crippen MR) is 147 cm³/mol. The van der Waals surface area contributed by atoms with Crippen molar-refractivity contribution in [1.29, 1.82) is 0 Å². The molecule has 0 saturated carbocycles. The Bertz CT molecular complexity index is 1570. The van der Waals surface area contributed by atoms with Crippen LogP contribution in [0.3, 0.4) is 0 Å². The number of rotatable bonds is 7. The number of halogens is 1. The Kier molecular flexibility index (Phi) is 6.69. The van der Waals surface area contributed by atoms with Crippen molar-refractivity contribution in [2.45, 2.75) is 13.0 Å². The highest BCUT2D eigenvalue weighted by Crippen LogP contribution is 2.44. The number of aromatic nitrogens is 1. The van der Waals surface area contributed by atoms with E-state index >= 15 is 0 Å². The van der Waals surface area contributed by atoms with E-state index < -0.39 is 29.5 Å². The highest BCUT2D eigenvalue weighted by molar-refractivity contribution is 14.1. The van der Waals surface area contributed by atoms with Gasteiger partial charge in [0, 0.05) is 8.96 Å². The number of ether oxygens (including phenoxy) is 1. The number of hydrogen-bond donors (Lipinski definition) is 1. The lowest BCUT2D eigenvalue weighted by molar-refractivity contribution is -0.117. The van der Waals surface area contributed by atoms with Gasteiger partial charge in [-0.25, -0.2) is 9.78 Å². The number of para-hydroxylation sites is 1. The Morgan fingerprint density at radius 3 is 2.68 bits per heavy atom. The average Bonchev–Trinajstić information content (AvgIpc) is 3.57. The van der Waals surface area contributed by atoms with E-state index in [9.17, 15) is 19.5 Å². The summed E-state index contributed by atoms with van der Waals surface area (Å²) in [5.74, 6) is -2.72. The van der Waals surface area contributed by atoms with Gasteiger partial charge < -0.3 is 14.3 Å². The molecule has 186 valence electrons. The van der Waals surface area contributed by atoms with Crippen molar-refractivity contribution < 1.29 is 28.6 Å². The number of carbonyl (C=O) groups excluding carboxylic acids is 3. The van der Waals surface area contributed by atoms with Crippen LogP contribution in [-0.2, 0) is 9.53 Å². The standard InChI is InChI=1S/C27H19IN2O6S/c1-3-12-35-26(34)24-14(2)29-27(37-24)30-21(15-8-10-17(28)11-9-15)20(23(32)25(30)33)22(31)19-13-16-6-4-5-7-18(16)36-19/h3-11,13,21,32H,1,12H2,2H3. The number of amides is 1. The number of anilines is 1. The topological polar surface area (TPSA) is 110 Å². The molecule has 1 unspecified atom stereocenters. The van der Waals surface area contributed by atoms with Crippen molar-refractivity contribution in [2.75, 3.05) is 11.5 Å². The molecular weight excluding hydrogens is 607 g/mol. The fraction of sp³-hybridized carbons (Fsp3) is 0.111. The smallest absolute Gasteiger partial charge is 0.350 e. The molecule has 3 heterocycles. The van der Waals surface area contributed by atoms with Crippen LogP contribution >= 0.6 is 33.9 Å².